The average Bonchev–Trinajstić information content (AvgIpc) is 2.82. The topological polar surface area (TPSA) is 29.4 Å². The van der Waals surface area contributed by atoms with Crippen LogP contribution in [0.25, 0.3) is 0 Å². The highest BCUT2D eigenvalue weighted by molar-refractivity contribution is 5.96. The van der Waals surface area contributed by atoms with Crippen molar-refractivity contribution in [1.82, 2.24) is 0 Å². The Kier molecular flexibility index (Phi) is 3.19. The molecule has 4 rings (SSSR count). The monoisotopic (exact) mass is 299 g/mol. The zero-order chi connectivity index (χ0) is 15.5. The lowest BCUT2D eigenvalue weighted by atomic mass is 9.47. The van der Waals surface area contributed by atoms with Crippen molar-refractivity contribution in [2.24, 2.45) is 33.6 Å². The van der Waals surface area contributed by atoms with Gasteiger partial charge in [-0.25, -0.2) is 0 Å². The fourth-order valence-corrected chi connectivity index (χ4v) is 6.52. The minimum absolute atomic E-state index is 0.0173. The molecular weight excluding hydrogens is 270 g/mol. The van der Waals surface area contributed by atoms with Crippen LogP contribution in [-0.2, 0) is 4.79 Å². The van der Waals surface area contributed by atoms with E-state index < -0.39 is 0 Å². The molecule has 22 heavy (non-hydrogen) atoms. The molecule has 3 fully saturated rings. The molecule has 120 valence electrons. The molecule has 4 aliphatic rings. The predicted molar refractivity (Wildman–Crippen MR) is 90.1 cm³/mol. The Morgan fingerprint density at radius 2 is 1.77 bits per heavy atom. The molecule has 3 unspecified atom stereocenters. The smallest absolute Gasteiger partial charge is 0.139 e. The summed E-state index contributed by atoms with van der Waals surface area (Å²) in [5.74, 6) is 2.81. The average molecular weight is 299 g/mol. The summed E-state index contributed by atoms with van der Waals surface area (Å²) >= 11 is 0. The van der Waals surface area contributed by atoms with Crippen molar-refractivity contribution in [3.8, 4) is 0 Å². The first kappa shape index (κ1) is 14.7. The highest BCUT2D eigenvalue weighted by Crippen LogP contribution is 2.64. The first-order valence-electron chi connectivity index (χ1n) is 9.19. The molecule has 0 radical (unpaired) electrons. The molecule has 0 aliphatic heterocycles. The van der Waals surface area contributed by atoms with E-state index in [9.17, 15) is 4.79 Å². The van der Waals surface area contributed by atoms with E-state index in [-0.39, 0.29) is 5.41 Å². The maximum absolute atomic E-state index is 12.4. The van der Waals surface area contributed by atoms with Gasteiger partial charge in [0.2, 0.25) is 0 Å². The van der Waals surface area contributed by atoms with Crippen LogP contribution in [0.15, 0.2) is 16.6 Å². The van der Waals surface area contributed by atoms with Gasteiger partial charge in [-0.1, -0.05) is 19.4 Å². The standard InChI is InChI=1S/C20H29NO/c1-19-10-8-14(21-3)12-13(19)4-5-15-16-6-7-18(22)20(16,2)11-9-17(15)19/h12,15-17H,4-11H2,1-3H3/t15?,16?,17?,19-,20-/m0/s1. The second kappa shape index (κ2) is 4.79. The summed E-state index contributed by atoms with van der Waals surface area (Å²) in [5.41, 5.74) is 3.35. The van der Waals surface area contributed by atoms with Crippen LogP contribution in [0.3, 0.4) is 0 Å². The number of ketones is 1. The summed E-state index contributed by atoms with van der Waals surface area (Å²) in [5, 5.41) is 0. The van der Waals surface area contributed by atoms with Gasteiger partial charge < -0.3 is 0 Å². The fourth-order valence-electron chi connectivity index (χ4n) is 6.52. The minimum atomic E-state index is 0.0173. The maximum atomic E-state index is 12.4. The summed E-state index contributed by atoms with van der Waals surface area (Å²) in [6, 6.07) is 0. The Bertz CT molecular complexity index is 574. The van der Waals surface area contributed by atoms with E-state index in [2.05, 4.69) is 24.9 Å². The number of carbonyl (C=O) groups is 1. The summed E-state index contributed by atoms with van der Waals surface area (Å²) in [4.78, 5) is 16.9. The predicted octanol–water partition coefficient (Wildman–Crippen LogP) is 4.59. The number of aliphatic imine (C=N–C) groups is 1. The maximum Gasteiger partial charge on any atom is 0.139 e. The third-order valence-electron chi connectivity index (χ3n) is 7.97. The molecule has 0 aromatic heterocycles. The number of carbonyl (C=O) groups excluding carboxylic acids is 1. The van der Waals surface area contributed by atoms with Crippen molar-refractivity contribution < 1.29 is 4.79 Å². The van der Waals surface area contributed by atoms with Crippen LogP contribution in [0, 0.1) is 28.6 Å². The van der Waals surface area contributed by atoms with Crippen molar-refractivity contribution in [3.63, 3.8) is 0 Å². The zero-order valence-corrected chi connectivity index (χ0v) is 14.3. The third-order valence-corrected chi connectivity index (χ3v) is 7.97. The molecule has 2 nitrogen and oxygen atoms in total. The summed E-state index contributed by atoms with van der Waals surface area (Å²) in [6.07, 6.45) is 11.8. The normalized spacial score (nSPS) is 49.4. The largest absolute Gasteiger partial charge is 0.299 e. The van der Waals surface area contributed by atoms with Crippen LogP contribution >= 0.6 is 0 Å². The number of nitrogens with zero attached hydrogens (tertiary/aromatic N) is 1. The highest BCUT2D eigenvalue weighted by atomic mass is 16.1. The summed E-state index contributed by atoms with van der Waals surface area (Å²) < 4.78 is 0. The molecule has 3 saturated carbocycles. The van der Waals surface area contributed by atoms with Crippen LogP contribution in [0.5, 0.6) is 0 Å². The zero-order valence-electron chi connectivity index (χ0n) is 14.3. The van der Waals surface area contributed by atoms with Crippen molar-refractivity contribution in [2.45, 2.75) is 65.2 Å². The molecule has 0 amide bonds. The second-order valence-corrected chi connectivity index (χ2v) is 8.64. The molecular formula is C20H29NO. The Labute approximate surface area is 134 Å². The number of hydrogen-bond acceptors (Lipinski definition) is 2. The van der Waals surface area contributed by atoms with E-state index in [4.69, 9.17) is 0 Å². The molecule has 0 aromatic carbocycles. The van der Waals surface area contributed by atoms with E-state index in [0.717, 1.165) is 37.5 Å². The van der Waals surface area contributed by atoms with Crippen molar-refractivity contribution in [3.05, 3.63) is 11.6 Å². The van der Waals surface area contributed by atoms with Crippen molar-refractivity contribution in [1.29, 1.82) is 0 Å². The van der Waals surface area contributed by atoms with E-state index >= 15 is 0 Å². The van der Waals surface area contributed by atoms with Gasteiger partial charge >= 0.3 is 0 Å². The molecule has 0 aromatic rings. The molecule has 5 atom stereocenters. The Morgan fingerprint density at radius 3 is 2.55 bits per heavy atom. The Morgan fingerprint density at radius 1 is 1.00 bits per heavy atom. The summed E-state index contributed by atoms with van der Waals surface area (Å²) in [7, 11) is 1.93. The number of fused-ring (bicyclic) bond motifs is 5. The van der Waals surface area contributed by atoms with Gasteiger partial charge in [-0.15, -0.1) is 0 Å². The van der Waals surface area contributed by atoms with Gasteiger partial charge in [-0.2, -0.15) is 0 Å². The van der Waals surface area contributed by atoms with Crippen LogP contribution < -0.4 is 0 Å². The number of Topliss-reactive ketones (excluding diaryl/α,β-unsaturated/α-hetero) is 1. The van der Waals surface area contributed by atoms with Crippen LogP contribution in [-0.4, -0.2) is 18.5 Å². The Balaban J connectivity index is 1.69. The van der Waals surface area contributed by atoms with E-state index in [1.807, 2.05) is 7.05 Å². The van der Waals surface area contributed by atoms with Crippen LogP contribution in [0.1, 0.15) is 65.2 Å². The second-order valence-electron chi connectivity index (χ2n) is 8.64. The van der Waals surface area contributed by atoms with Crippen molar-refractivity contribution >= 4 is 11.5 Å². The Hall–Kier alpha value is -0.920. The molecule has 0 bridgehead atoms. The summed E-state index contributed by atoms with van der Waals surface area (Å²) in [6.45, 7) is 4.79. The van der Waals surface area contributed by atoms with Gasteiger partial charge in [0.05, 0.1) is 0 Å². The first-order chi connectivity index (χ1) is 10.5. The van der Waals surface area contributed by atoms with Crippen molar-refractivity contribution in [2.75, 3.05) is 7.05 Å². The number of rotatable bonds is 0. The lowest BCUT2D eigenvalue weighted by Gasteiger charge is -2.57. The lowest BCUT2D eigenvalue weighted by Crippen LogP contribution is -2.50. The van der Waals surface area contributed by atoms with E-state index in [1.54, 1.807) is 5.57 Å². The number of allylic oxidation sites excluding steroid dienone is 2. The van der Waals surface area contributed by atoms with E-state index in [1.165, 1.54) is 31.4 Å². The highest BCUT2D eigenvalue weighted by Gasteiger charge is 2.58. The van der Waals surface area contributed by atoms with Gasteiger partial charge in [0.1, 0.15) is 5.78 Å². The molecule has 2 heteroatoms. The fraction of sp³-hybridized carbons (Fsp3) is 0.800. The minimum Gasteiger partial charge on any atom is -0.299 e. The number of hydrogen-bond donors (Lipinski definition) is 0. The third kappa shape index (κ3) is 1.79. The molecule has 4 aliphatic carbocycles. The van der Waals surface area contributed by atoms with Gasteiger partial charge in [0.25, 0.3) is 0 Å². The van der Waals surface area contributed by atoms with Crippen LogP contribution in [0.4, 0.5) is 0 Å². The quantitative estimate of drug-likeness (QED) is 0.643. The van der Waals surface area contributed by atoms with E-state index in [0.29, 0.717) is 17.1 Å². The molecule has 0 spiro atoms. The van der Waals surface area contributed by atoms with Gasteiger partial charge in [0.15, 0.2) is 0 Å². The van der Waals surface area contributed by atoms with Crippen LogP contribution in [0.2, 0.25) is 0 Å². The molecule has 0 N–H and O–H groups in total. The SMILES string of the molecule is CN=C1C=C2CCC3C(CC[C@]4(C)C(=O)CCC34)[C@@]2(C)CC1. The first-order valence-corrected chi connectivity index (χ1v) is 9.19. The lowest BCUT2D eigenvalue weighted by molar-refractivity contribution is -0.132. The van der Waals surface area contributed by atoms with Gasteiger partial charge in [-0.3, -0.25) is 9.79 Å². The van der Waals surface area contributed by atoms with Gasteiger partial charge in [0, 0.05) is 24.6 Å². The molecule has 0 heterocycles. The molecule has 0 saturated heterocycles. The van der Waals surface area contributed by atoms with Gasteiger partial charge in [-0.05, 0) is 74.2 Å².